The number of nitro groups is 2. The normalized spacial score (nSPS) is 13.0. The molecule has 1 amide bonds. The van der Waals surface area contributed by atoms with Gasteiger partial charge in [-0.3, -0.25) is 25.0 Å². The number of aromatic nitrogens is 1. The average molecular weight is 430 g/mol. The third kappa shape index (κ3) is 3.48. The Hall–Kier alpha value is -3.80. The van der Waals surface area contributed by atoms with E-state index in [-0.39, 0.29) is 12.4 Å². The van der Waals surface area contributed by atoms with Crippen LogP contribution in [0.1, 0.15) is 23.7 Å². The highest BCUT2D eigenvalue weighted by molar-refractivity contribution is 7.16. The van der Waals surface area contributed by atoms with Crippen LogP contribution in [-0.2, 0) is 6.54 Å². The van der Waals surface area contributed by atoms with Gasteiger partial charge in [-0.05, 0) is 6.42 Å². The Kier molecular flexibility index (Phi) is 4.91. The lowest BCUT2D eigenvalue weighted by molar-refractivity contribution is -0.394. The molecule has 4 rings (SSSR count). The maximum Gasteiger partial charge on any atom is 0.280 e. The number of rotatable bonds is 5. The van der Waals surface area contributed by atoms with Crippen molar-refractivity contribution in [3.05, 3.63) is 60.9 Å². The van der Waals surface area contributed by atoms with Gasteiger partial charge < -0.3 is 14.0 Å². The van der Waals surface area contributed by atoms with E-state index >= 15 is 0 Å². The van der Waals surface area contributed by atoms with Crippen LogP contribution < -0.4 is 14.3 Å². The number of carbonyl (C=O) groups is 1. The minimum atomic E-state index is -0.807. The minimum absolute atomic E-state index is 0.141. The molecule has 3 aromatic rings. The van der Waals surface area contributed by atoms with Crippen LogP contribution in [0.15, 0.2) is 35.3 Å². The Morgan fingerprint density at radius 2 is 1.73 bits per heavy atom. The number of aryl methyl sites for hydroxylation is 1. The summed E-state index contributed by atoms with van der Waals surface area (Å²) in [5, 5.41) is 22.2. The lowest BCUT2D eigenvalue weighted by Gasteiger charge is -2.03. The Morgan fingerprint density at radius 1 is 1.10 bits per heavy atom. The molecule has 0 fully saturated rings. The van der Waals surface area contributed by atoms with Gasteiger partial charge in [-0.15, -0.1) is 0 Å². The van der Waals surface area contributed by atoms with Crippen molar-refractivity contribution in [2.75, 3.05) is 6.79 Å². The first kappa shape index (κ1) is 19.5. The quantitative estimate of drug-likeness (QED) is 0.446. The zero-order chi connectivity index (χ0) is 21.4. The number of benzene rings is 2. The molecule has 2 heterocycles. The number of nitro benzene ring substituents is 2. The van der Waals surface area contributed by atoms with E-state index in [1.807, 2.05) is 17.6 Å². The molecule has 0 N–H and O–H groups in total. The van der Waals surface area contributed by atoms with E-state index in [0.29, 0.717) is 22.8 Å². The highest BCUT2D eigenvalue weighted by Crippen LogP contribution is 2.37. The van der Waals surface area contributed by atoms with Crippen LogP contribution >= 0.6 is 11.3 Å². The van der Waals surface area contributed by atoms with Crippen LogP contribution in [0.5, 0.6) is 11.5 Å². The zero-order valence-corrected chi connectivity index (χ0v) is 16.4. The van der Waals surface area contributed by atoms with Gasteiger partial charge in [0.2, 0.25) is 6.79 Å². The summed E-state index contributed by atoms with van der Waals surface area (Å²) in [6, 6.07) is 6.37. The van der Waals surface area contributed by atoms with Crippen LogP contribution in [0.25, 0.3) is 10.2 Å². The number of ether oxygens (including phenoxy) is 2. The van der Waals surface area contributed by atoms with Crippen molar-refractivity contribution in [3.63, 3.8) is 0 Å². The van der Waals surface area contributed by atoms with Gasteiger partial charge in [-0.2, -0.15) is 4.99 Å². The van der Waals surface area contributed by atoms with E-state index in [0.717, 1.165) is 34.8 Å². The van der Waals surface area contributed by atoms with Crippen LogP contribution in [0.3, 0.4) is 0 Å². The molecule has 0 atom stereocenters. The molecule has 0 saturated heterocycles. The fourth-order valence-electron chi connectivity index (χ4n) is 3.07. The van der Waals surface area contributed by atoms with Gasteiger partial charge in [-0.1, -0.05) is 18.3 Å². The first-order valence-electron chi connectivity index (χ1n) is 8.83. The third-order valence-electron chi connectivity index (χ3n) is 4.39. The number of fused-ring (bicyclic) bond motifs is 2. The van der Waals surface area contributed by atoms with Crippen molar-refractivity contribution in [1.82, 2.24) is 4.57 Å². The highest BCUT2D eigenvalue weighted by Gasteiger charge is 2.21. The SMILES string of the molecule is CCCn1c(=NC(=O)c2cc([N+](=O)[O-])cc([N+](=O)[O-])c2)sc2cc3c(cc21)OCO3. The third-order valence-corrected chi connectivity index (χ3v) is 5.43. The average Bonchev–Trinajstić information content (AvgIpc) is 3.30. The molecule has 0 spiro atoms. The van der Waals surface area contributed by atoms with Crippen LogP contribution in [0, 0.1) is 20.2 Å². The van der Waals surface area contributed by atoms with Crippen molar-refractivity contribution in [1.29, 1.82) is 0 Å². The van der Waals surface area contributed by atoms with Crippen LogP contribution in [0.2, 0.25) is 0 Å². The van der Waals surface area contributed by atoms with E-state index in [1.54, 1.807) is 6.07 Å². The molecular formula is C18H14N4O7S. The van der Waals surface area contributed by atoms with Gasteiger partial charge in [0.1, 0.15) is 0 Å². The van der Waals surface area contributed by atoms with Gasteiger partial charge in [0.15, 0.2) is 16.3 Å². The molecule has 2 aromatic carbocycles. The van der Waals surface area contributed by atoms with E-state index in [9.17, 15) is 25.0 Å². The number of non-ortho nitro benzene ring substituents is 2. The fraction of sp³-hybridized carbons (Fsp3) is 0.222. The summed E-state index contributed by atoms with van der Waals surface area (Å²) in [6.45, 7) is 2.68. The zero-order valence-electron chi connectivity index (χ0n) is 15.6. The van der Waals surface area contributed by atoms with Crippen molar-refractivity contribution >= 4 is 38.8 Å². The number of thiazole rings is 1. The molecule has 0 bridgehead atoms. The van der Waals surface area contributed by atoms with Crippen molar-refractivity contribution in [2.24, 2.45) is 4.99 Å². The molecular weight excluding hydrogens is 416 g/mol. The molecule has 1 aliphatic rings. The van der Waals surface area contributed by atoms with E-state index in [4.69, 9.17) is 9.47 Å². The smallest absolute Gasteiger partial charge is 0.280 e. The molecule has 1 aliphatic heterocycles. The van der Waals surface area contributed by atoms with Gasteiger partial charge in [0.25, 0.3) is 17.3 Å². The molecule has 0 unspecified atom stereocenters. The second-order valence-electron chi connectivity index (χ2n) is 6.38. The molecule has 12 heteroatoms. The summed E-state index contributed by atoms with van der Waals surface area (Å²) in [5.41, 5.74) is -0.522. The van der Waals surface area contributed by atoms with Crippen molar-refractivity contribution in [2.45, 2.75) is 19.9 Å². The summed E-state index contributed by atoms with van der Waals surface area (Å²) < 4.78 is 13.5. The first-order valence-corrected chi connectivity index (χ1v) is 9.65. The molecule has 1 aromatic heterocycles. The number of hydrogen-bond donors (Lipinski definition) is 0. The Balaban J connectivity index is 1.85. The molecule has 0 radical (unpaired) electrons. The van der Waals surface area contributed by atoms with E-state index in [1.165, 1.54) is 11.3 Å². The predicted molar refractivity (Wildman–Crippen MR) is 106 cm³/mol. The maximum absolute atomic E-state index is 12.7. The minimum Gasteiger partial charge on any atom is -0.454 e. The molecule has 154 valence electrons. The predicted octanol–water partition coefficient (Wildman–Crippen LogP) is 3.40. The standard InChI is InChI=1S/C18H14N4O7S/c1-2-3-20-13-7-14-15(29-9-28-14)8-16(13)30-18(20)19-17(23)10-4-11(21(24)25)6-12(5-10)22(26)27/h4-8H,2-3,9H2,1H3. The monoisotopic (exact) mass is 430 g/mol. The first-order chi connectivity index (χ1) is 14.4. The van der Waals surface area contributed by atoms with Gasteiger partial charge in [0, 0.05) is 30.8 Å². The van der Waals surface area contributed by atoms with Gasteiger partial charge in [0.05, 0.1) is 31.7 Å². The van der Waals surface area contributed by atoms with Gasteiger partial charge in [-0.25, -0.2) is 0 Å². The summed E-state index contributed by atoms with van der Waals surface area (Å²) >= 11 is 1.25. The lowest BCUT2D eigenvalue weighted by atomic mass is 10.1. The molecule has 0 saturated carbocycles. The van der Waals surface area contributed by atoms with Crippen LogP contribution in [-0.4, -0.2) is 27.1 Å². The van der Waals surface area contributed by atoms with Crippen LogP contribution in [0.4, 0.5) is 11.4 Å². The van der Waals surface area contributed by atoms with Crippen molar-refractivity contribution in [3.8, 4) is 11.5 Å². The number of hydrogen-bond acceptors (Lipinski definition) is 8. The highest BCUT2D eigenvalue weighted by atomic mass is 32.1. The second kappa shape index (κ2) is 7.55. The molecule has 11 nitrogen and oxygen atoms in total. The number of nitrogens with zero attached hydrogens (tertiary/aromatic N) is 4. The maximum atomic E-state index is 12.7. The summed E-state index contributed by atoms with van der Waals surface area (Å²) in [5.74, 6) is 0.384. The van der Waals surface area contributed by atoms with E-state index < -0.39 is 27.1 Å². The Labute approximate surface area is 172 Å². The Morgan fingerprint density at radius 3 is 2.33 bits per heavy atom. The lowest BCUT2D eigenvalue weighted by Crippen LogP contribution is -2.17. The van der Waals surface area contributed by atoms with Crippen molar-refractivity contribution < 1.29 is 24.1 Å². The topological polar surface area (TPSA) is 139 Å². The summed E-state index contributed by atoms with van der Waals surface area (Å²) in [6.07, 6.45) is 0.768. The summed E-state index contributed by atoms with van der Waals surface area (Å²) in [7, 11) is 0. The second-order valence-corrected chi connectivity index (χ2v) is 7.39. The molecule has 30 heavy (non-hydrogen) atoms. The fourth-order valence-corrected chi connectivity index (χ4v) is 4.13. The summed E-state index contributed by atoms with van der Waals surface area (Å²) in [4.78, 5) is 37.8. The largest absolute Gasteiger partial charge is 0.454 e. The Bertz CT molecular complexity index is 1250. The number of amides is 1. The molecule has 0 aliphatic carbocycles. The number of carbonyl (C=O) groups excluding carboxylic acids is 1. The van der Waals surface area contributed by atoms with E-state index in [2.05, 4.69) is 4.99 Å². The van der Waals surface area contributed by atoms with Gasteiger partial charge >= 0.3 is 0 Å².